The summed E-state index contributed by atoms with van der Waals surface area (Å²) in [5, 5.41) is 2.88. The molecule has 2 rings (SSSR count). The van der Waals surface area contributed by atoms with E-state index >= 15 is 0 Å². The molecule has 0 aliphatic rings. The number of amides is 1. The smallest absolute Gasteiger partial charge is 0.262 e. The lowest BCUT2D eigenvalue weighted by molar-refractivity contribution is -0.118. The van der Waals surface area contributed by atoms with Gasteiger partial charge in [0, 0.05) is 0 Å². The highest BCUT2D eigenvalue weighted by Gasteiger charge is 2.09. The molecule has 0 radical (unpaired) electrons. The van der Waals surface area contributed by atoms with E-state index in [2.05, 4.69) is 5.32 Å². The van der Waals surface area contributed by atoms with Gasteiger partial charge in [0.25, 0.3) is 5.91 Å². The first-order valence-electron chi connectivity index (χ1n) is 5.99. The Morgan fingerprint density at radius 3 is 2.80 bits per heavy atom. The number of benzene rings is 2. The topological polar surface area (TPSA) is 38.3 Å². The van der Waals surface area contributed by atoms with Crippen LogP contribution in [0.1, 0.15) is 5.56 Å². The van der Waals surface area contributed by atoms with E-state index in [-0.39, 0.29) is 12.3 Å². The summed E-state index contributed by atoms with van der Waals surface area (Å²) in [4.78, 5) is 11.7. The summed E-state index contributed by atoms with van der Waals surface area (Å²) < 4.78 is 18.8. The molecule has 20 heavy (non-hydrogen) atoms. The maximum atomic E-state index is 13.5. The molecule has 2 aromatic rings. The van der Waals surface area contributed by atoms with Crippen LogP contribution in [-0.4, -0.2) is 12.5 Å². The van der Waals surface area contributed by atoms with Gasteiger partial charge in [-0.05, 0) is 36.8 Å². The van der Waals surface area contributed by atoms with Crippen LogP contribution in [0.3, 0.4) is 0 Å². The van der Waals surface area contributed by atoms with E-state index in [9.17, 15) is 9.18 Å². The zero-order valence-electron chi connectivity index (χ0n) is 10.8. The minimum absolute atomic E-state index is 0.137. The molecule has 0 aliphatic heterocycles. The van der Waals surface area contributed by atoms with Crippen molar-refractivity contribution in [3.63, 3.8) is 0 Å². The van der Waals surface area contributed by atoms with Gasteiger partial charge in [-0.1, -0.05) is 29.8 Å². The van der Waals surface area contributed by atoms with Gasteiger partial charge in [0.05, 0.1) is 10.7 Å². The molecule has 0 fully saturated rings. The number of rotatable bonds is 4. The maximum Gasteiger partial charge on any atom is 0.262 e. The van der Waals surface area contributed by atoms with Gasteiger partial charge in [0.2, 0.25) is 0 Å². The highest BCUT2D eigenvalue weighted by atomic mass is 35.5. The summed E-state index contributed by atoms with van der Waals surface area (Å²) in [6, 6.07) is 11.3. The third kappa shape index (κ3) is 3.71. The minimum atomic E-state index is -0.485. The van der Waals surface area contributed by atoms with Gasteiger partial charge in [-0.15, -0.1) is 0 Å². The van der Waals surface area contributed by atoms with E-state index < -0.39 is 11.7 Å². The van der Waals surface area contributed by atoms with Gasteiger partial charge in [0.15, 0.2) is 6.61 Å². The summed E-state index contributed by atoms with van der Waals surface area (Å²) >= 11 is 5.90. The van der Waals surface area contributed by atoms with Gasteiger partial charge >= 0.3 is 0 Å². The van der Waals surface area contributed by atoms with Gasteiger partial charge in [-0.25, -0.2) is 4.39 Å². The summed E-state index contributed by atoms with van der Waals surface area (Å²) in [6.07, 6.45) is 0. The van der Waals surface area contributed by atoms with E-state index in [0.717, 1.165) is 5.56 Å². The molecule has 0 aliphatic carbocycles. The van der Waals surface area contributed by atoms with Crippen LogP contribution in [-0.2, 0) is 4.79 Å². The summed E-state index contributed by atoms with van der Waals surface area (Å²) in [5.74, 6) is -0.523. The van der Waals surface area contributed by atoms with Crippen molar-refractivity contribution in [1.29, 1.82) is 0 Å². The molecule has 0 bridgehead atoms. The number of aryl methyl sites for hydroxylation is 1. The van der Waals surface area contributed by atoms with Crippen molar-refractivity contribution in [1.82, 2.24) is 0 Å². The fraction of sp³-hybridized carbons (Fsp3) is 0.133. The van der Waals surface area contributed by atoms with Gasteiger partial charge in [-0.2, -0.15) is 0 Å². The molecule has 1 N–H and O–H groups in total. The third-order valence-corrected chi connectivity index (χ3v) is 2.90. The van der Waals surface area contributed by atoms with Gasteiger partial charge in [0.1, 0.15) is 11.6 Å². The molecule has 1 amide bonds. The Hall–Kier alpha value is -2.07. The van der Waals surface area contributed by atoms with Crippen molar-refractivity contribution in [2.45, 2.75) is 6.92 Å². The van der Waals surface area contributed by atoms with E-state index in [4.69, 9.17) is 16.3 Å². The monoisotopic (exact) mass is 293 g/mol. The fourth-order valence-corrected chi connectivity index (χ4v) is 1.82. The Bertz CT molecular complexity index is 631. The molecular formula is C15H13ClFNO2. The summed E-state index contributed by atoms with van der Waals surface area (Å²) in [5.41, 5.74) is 0.992. The quantitative estimate of drug-likeness (QED) is 0.931. The Morgan fingerprint density at radius 2 is 2.05 bits per heavy atom. The lowest BCUT2D eigenvalue weighted by atomic mass is 10.2. The van der Waals surface area contributed by atoms with Crippen molar-refractivity contribution < 1.29 is 13.9 Å². The summed E-state index contributed by atoms with van der Waals surface area (Å²) in [6.45, 7) is 1.58. The molecule has 0 atom stereocenters. The third-order valence-electron chi connectivity index (χ3n) is 2.59. The predicted octanol–water partition coefficient (Wildman–Crippen LogP) is 3.81. The normalized spacial score (nSPS) is 10.2. The number of carbonyl (C=O) groups is 1. The van der Waals surface area contributed by atoms with E-state index in [0.29, 0.717) is 10.8 Å². The van der Waals surface area contributed by atoms with Crippen LogP contribution >= 0.6 is 11.6 Å². The van der Waals surface area contributed by atoms with Crippen molar-refractivity contribution >= 4 is 23.2 Å². The number of carbonyl (C=O) groups excluding carboxylic acids is 1. The number of ether oxygens (including phenoxy) is 1. The minimum Gasteiger partial charge on any atom is -0.482 e. The lowest BCUT2D eigenvalue weighted by Crippen LogP contribution is -2.21. The molecule has 0 unspecified atom stereocenters. The van der Waals surface area contributed by atoms with E-state index in [1.807, 2.05) is 6.92 Å². The molecular weight excluding hydrogens is 281 g/mol. The second kappa shape index (κ2) is 6.39. The van der Waals surface area contributed by atoms with Gasteiger partial charge < -0.3 is 10.1 Å². The van der Waals surface area contributed by atoms with Gasteiger partial charge in [-0.3, -0.25) is 4.79 Å². The molecule has 0 heterocycles. The van der Waals surface area contributed by atoms with Crippen LogP contribution in [0, 0.1) is 12.7 Å². The Morgan fingerprint density at radius 1 is 1.30 bits per heavy atom. The number of anilines is 1. The largest absolute Gasteiger partial charge is 0.482 e. The van der Waals surface area contributed by atoms with E-state index in [1.54, 1.807) is 36.4 Å². The van der Waals surface area contributed by atoms with Crippen LogP contribution < -0.4 is 10.1 Å². The highest BCUT2D eigenvalue weighted by Crippen LogP contribution is 2.23. The number of hydrogen-bond donors (Lipinski definition) is 1. The molecule has 0 spiro atoms. The number of para-hydroxylation sites is 1. The van der Waals surface area contributed by atoms with E-state index in [1.165, 1.54) is 6.07 Å². The Labute approximate surface area is 121 Å². The number of nitrogens with one attached hydrogen (secondary N) is 1. The van der Waals surface area contributed by atoms with Crippen LogP contribution in [0.2, 0.25) is 5.02 Å². The SMILES string of the molecule is Cc1ccc(F)c(NC(=O)COc2ccccc2Cl)c1. The average molecular weight is 294 g/mol. The fourth-order valence-electron chi connectivity index (χ4n) is 1.63. The van der Waals surface area contributed by atoms with Crippen molar-refractivity contribution in [3.05, 3.63) is 58.9 Å². The first-order chi connectivity index (χ1) is 9.56. The molecule has 0 saturated heterocycles. The van der Waals surface area contributed by atoms with Crippen molar-refractivity contribution in [3.8, 4) is 5.75 Å². The second-order valence-corrected chi connectivity index (χ2v) is 4.66. The van der Waals surface area contributed by atoms with Crippen molar-refractivity contribution in [2.75, 3.05) is 11.9 Å². The first-order valence-corrected chi connectivity index (χ1v) is 6.37. The molecule has 104 valence electrons. The highest BCUT2D eigenvalue weighted by molar-refractivity contribution is 6.32. The van der Waals surface area contributed by atoms with Crippen LogP contribution in [0.4, 0.5) is 10.1 Å². The molecule has 2 aromatic carbocycles. The van der Waals surface area contributed by atoms with Crippen LogP contribution in [0.5, 0.6) is 5.75 Å². The van der Waals surface area contributed by atoms with Crippen LogP contribution in [0.15, 0.2) is 42.5 Å². The van der Waals surface area contributed by atoms with Crippen LogP contribution in [0.25, 0.3) is 0 Å². The maximum absolute atomic E-state index is 13.5. The number of halogens is 2. The van der Waals surface area contributed by atoms with Crippen molar-refractivity contribution in [2.24, 2.45) is 0 Å². The molecule has 5 heteroatoms. The Kier molecular flexibility index (Phi) is 4.58. The standard InChI is InChI=1S/C15H13ClFNO2/c1-10-6-7-12(17)13(8-10)18-15(19)9-20-14-5-3-2-4-11(14)16/h2-8H,9H2,1H3,(H,18,19). The molecule has 0 aromatic heterocycles. The zero-order chi connectivity index (χ0) is 14.5. The average Bonchev–Trinajstić information content (AvgIpc) is 2.42. The lowest BCUT2D eigenvalue weighted by Gasteiger charge is -2.09. The molecule has 0 saturated carbocycles. The predicted molar refractivity (Wildman–Crippen MR) is 76.7 cm³/mol. The zero-order valence-corrected chi connectivity index (χ0v) is 11.6. The second-order valence-electron chi connectivity index (χ2n) is 4.25. The molecule has 3 nitrogen and oxygen atoms in total. The number of hydrogen-bond acceptors (Lipinski definition) is 2. The Balaban J connectivity index is 1.96. The first kappa shape index (κ1) is 14.3. The summed E-state index contributed by atoms with van der Waals surface area (Å²) in [7, 11) is 0.